The lowest BCUT2D eigenvalue weighted by atomic mass is 10.1. The number of benzene rings is 1. The van der Waals surface area contributed by atoms with Gasteiger partial charge in [0.15, 0.2) is 0 Å². The Morgan fingerprint density at radius 2 is 2.24 bits per heavy atom. The molecule has 5 heteroatoms. The smallest absolute Gasteiger partial charge is 0.104 e. The molecule has 0 amide bonds. The molecule has 17 heavy (non-hydrogen) atoms. The Morgan fingerprint density at radius 1 is 1.53 bits per heavy atom. The van der Waals surface area contributed by atoms with Crippen LogP contribution < -0.4 is 5.73 Å². The van der Waals surface area contributed by atoms with Crippen LogP contribution >= 0.6 is 23.8 Å². The summed E-state index contributed by atoms with van der Waals surface area (Å²) in [5, 5.41) is 0.611. The van der Waals surface area contributed by atoms with Crippen LogP contribution in [0, 0.1) is 0 Å². The van der Waals surface area contributed by atoms with Gasteiger partial charge < -0.3 is 15.2 Å². The molecule has 0 saturated carbocycles. The Bertz CT molecular complexity index is 398. The maximum absolute atomic E-state index is 6.11. The van der Waals surface area contributed by atoms with E-state index in [0.29, 0.717) is 23.2 Å². The third-order valence-electron chi connectivity index (χ3n) is 2.26. The van der Waals surface area contributed by atoms with Gasteiger partial charge in [-0.05, 0) is 18.6 Å². The Morgan fingerprint density at radius 3 is 2.76 bits per heavy atom. The van der Waals surface area contributed by atoms with Crippen LogP contribution in [0.2, 0.25) is 5.02 Å². The summed E-state index contributed by atoms with van der Waals surface area (Å²) >= 11 is 11.0. The monoisotopic (exact) mass is 273 g/mol. The van der Waals surface area contributed by atoms with Crippen molar-refractivity contribution >= 4 is 28.8 Å². The molecule has 1 aromatic rings. The van der Waals surface area contributed by atoms with Crippen molar-refractivity contribution in [3.63, 3.8) is 0 Å². The van der Waals surface area contributed by atoms with Crippen molar-refractivity contribution in [2.45, 2.75) is 19.6 Å². The molecule has 1 rings (SSSR count). The second kappa shape index (κ2) is 6.91. The van der Waals surface area contributed by atoms with Gasteiger partial charge in [-0.15, -0.1) is 0 Å². The van der Waals surface area contributed by atoms with Crippen LogP contribution in [0.1, 0.15) is 18.1 Å². The maximum Gasteiger partial charge on any atom is 0.104 e. The first-order chi connectivity index (χ1) is 8.04. The molecule has 0 fully saturated rings. The molecule has 2 N–H and O–H groups in total. The summed E-state index contributed by atoms with van der Waals surface area (Å²) in [4.78, 5) is 0.340. The van der Waals surface area contributed by atoms with Crippen LogP contribution in [-0.2, 0) is 16.1 Å². The van der Waals surface area contributed by atoms with Gasteiger partial charge >= 0.3 is 0 Å². The van der Waals surface area contributed by atoms with Gasteiger partial charge in [0.05, 0.1) is 19.3 Å². The second-order valence-corrected chi connectivity index (χ2v) is 4.59. The van der Waals surface area contributed by atoms with Crippen LogP contribution in [0.15, 0.2) is 18.2 Å². The molecule has 0 bridgehead atoms. The first-order valence-electron chi connectivity index (χ1n) is 5.23. The maximum atomic E-state index is 6.11. The Hall–Kier alpha value is -0.680. The lowest BCUT2D eigenvalue weighted by Crippen LogP contribution is -2.15. The van der Waals surface area contributed by atoms with Gasteiger partial charge in [-0.25, -0.2) is 0 Å². The molecule has 1 aromatic carbocycles. The molecule has 0 aliphatic carbocycles. The number of rotatable bonds is 6. The van der Waals surface area contributed by atoms with Crippen molar-refractivity contribution < 1.29 is 9.47 Å². The number of methoxy groups -OCH3 is 1. The molecular weight excluding hydrogens is 258 g/mol. The SMILES string of the molecule is COCC(C)OCc1ccc(C(N)=S)cc1Cl. The summed E-state index contributed by atoms with van der Waals surface area (Å²) in [7, 11) is 1.64. The zero-order valence-corrected chi connectivity index (χ0v) is 11.5. The highest BCUT2D eigenvalue weighted by Crippen LogP contribution is 2.19. The number of nitrogens with two attached hydrogens (primary N) is 1. The van der Waals surface area contributed by atoms with E-state index in [4.69, 9.17) is 39.0 Å². The number of halogens is 1. The number of thiocarbonyl (C=S) groups is 1. The minimum atomic E-state index is 0.0336. The third kappa shape index (κ3) is 4.60. The number of hydrogen-bond acceptors (Lipinski definition) is 3. The molecule has 0 aliphatic heterocycles. The molecule has 0 aromatic heterocycles. The average Bonchev–Trinajstić information content (AvgIpc) is 2.27. The first kappa shape index (κ1) is 14.4. The van der Waals surface area contributed by atoms with E-state index in [1.165, 1.54) is 0 Å². The number of hydrogen-bond donors (Lipinski definition) is 1. The summed E-state index contributed by atoms with van der Waals surface area (Å²) in [5.41, 5.74) is 7.19. The Balaban J connectivity index is 2.63. The van der Waals surface area contributed by atoms with Gasteiger partial charge in [0, 0.05) is 17.7 Å². The van der Waals surface area contributed by atoms with E-state index in [9.17, 15) is 0 Å². The molecular formula is C12H16ClNO2S. The Labute approximate surface area is 112 Å². The molecule has 1 atom stereocenters. The van der Waals surface area contributed by atoms with Gasteiger partial charge in [0.2, 0.25) is 0 Å². The van der Waals surface area contributed by atoms with Crippen LogP contribution in [0.3, 0.4) is 0 Å². The lowest BCUT2D eigenvalue weighted by Gasteiger charge is -2.13. The van der Waals surface area contributed by atoms with Crippen molar-refractivity contribution in [2.24, 2.45) is 5.73 Å². The van der Waals surface area contributed by atoms with Crippen molar-refractivity contribution in [2.75, 3.05) is 13.7 Å². The summed E-state index contributed by atoms with van der Waals surface area (Å²) in [6.45, 7) is 2.95. The van der Waals surface area contributed by atoms with E-state index < -0.39 is 0 Å². The fourth-order valence-corrected chi connectivity index (χ4v) is 1.69. The standard InChI is InChI=1S/C12H16ClNO2S/c1-8(6-15-2)16-7-10-4-3-9(12(14)17)5-11(10)13/h3-5,8H,6-7H2,1-2H3,(H2,14,17). The third-order valence-corrected chi connectivity index (χ3v) is 2.85. The van der Waals surface area contributed by atoms with Crippen molar-refractivity contribution in [1.82, 2.24) is 0 Å². The highest BCUT2D eigenvalue weighted by Gasteiger charge is 2.06. The summed E-state index contributed by atoms with van der Waals surface area (Å²) in [5.74, 6) is 0. The van der Waals surface area contributed by atoms with E-state index in [2.05, 4.69) is 0 Å². The van der Waals surface area contributed by atoms with Gasteiger partial charge in [-0.1, -0.05) is 36.0 Å². The van der Waals surface area contributed by atoms with Crippen LogP contribution in [-0.4, -0.2) is 24.8 Å². The molecule has 0 saturated heterocycles. The Kier molecular flexibility index (Phi) is 5.85. The van der Waals surface area contributed by atoms with Crippen LogP contribution in [0.5, 0.6) is 0 Å². The van der Waals surface area contributed by atoms with Crippen molar-refractivity contribution in [1.29, 1.82) is 0 Å². The molecule has 1 unspecified atom stereocenters. The predicted octanol–water partition coefficient (Wildman–Crippen LogP) is 2.53. The van der Waals surface area contributed by atoms with Gasteiger partial charge in [0.25, 0.3) is 0 Å². The molecule has 0 spiro atoms. The molecule has 0 heterocycles. The largest absolute Gasteiger partial charge is 0.389 e. The van der Waals surface area contributed by atoms with E-state index in [-0.39, 0.29) is 6.10 Å². The zero-order chi connectivity index (χ0) is 12.8. The van der Waals surface area contributed by atoms with Crippen molar-refractivity contribution in [3.05, 3.63) is 34.3 Å². The molecule has 3 nitrogen and oxygen atoms in total. The van der Waals surface area contributed by atoms with Gasteiger partial charge in [0.1, 0.15) is 4.99 Å². The fourth-order valence-electron chi connectivity index (χ4n) is 1.33. The first-order valence-corrected chi connectivity index (χ1v) is 6.02. The van der Waals surface area contributed by atoms with E-state index in [1.54, 1.807) is 13.2 Å². The normalized spacial score (nSPS) is 12.4. The fraction of sp³-hybridized carbons (Fsp3) is 0.417. The van der Waals surface area contributed by atoms with E-state index in [0.717, 1.165) is 11.1 Å². The topological polar surface area (TPSA) is 44.5 Å². The van der Waals surface area contributed by atoms with E-state index in [1.807, 2.05) is 19.1 Å². The molecule has 0 aliphatic rings. The minimum absolute atomic E-state index is 0.0336. The van der Waals surface area contributed by atoms with Crippen molar-refractivity contribution in [3.8, 4) is 0 Å². The average molecular weight is 274 g/mol. The summed E-state index contributed by atoms with van der Waals surface area (Å²) in [6.07, 6.45) is 0.0336. The minimum Gasteiger partial charge on any atom is -0.389 e. The van der Waals surface area contributed by atoms with Crippen LogP contribution in [0.4, 0.5) is 0 Å². The number of ether oxygens (including phenoxy) is 2. The highest BCUT2D eigenvalue weighted by molar-refractivity contribution is 7.80. The molecule has 0 radical (unpaired) electrons. The van der Waals surface area contributed by atoms with Crippen LogP contribution in [0.25, 0.3) is 0 Å². The van der Waals surface area contributed by atoms with E-state index >= 15 is 0 Å². The molecule has 94 valence electrons. The van der Waals surface area contributed by atoms with Gasteiger partial charge in [-0.2, -0.15) is 0 Å². The second-order valence-electron chi connectivity index (χ2n) is 3.75. The highest BCUT2D eigenvalue weighted by atomic mass is 35.5. The lowest BCUT2D eigenvalue weighted by molar-refractivity contribution is -0.0000952. The summed E-state index contributed by atoms with van der Waals surface area (Å²) in [6, 6.07) is 5.47. The quantitative estimate of drug-likeness (QED) is 0.809. The zero-order valence-electron chi connectivity index (χ0n) is 9.90. The van der Waals surface area contributed by atoms with Gasteiger partial charge in [-0.3, -0.25) is 0 Å². The summed E-state index contributed by atoms with van der Waals surface area (Å²) < 4.78 is 10.6. The predicted molar refractivity (Wildman–Crippen MR) is 73.5 cm³/mol.